The summed E-state index contributed by atoms with van der Waals surface area (Å²) < 4.78 is 0.595. The Labute approximate surface area is 105 Å². The first kappa shape index (κ1) is 12.3. The normalized spacial score (nSPS) is 19.5. The molecular weight excluding hydrogens is 232 g/mol. The van der Waals surface area contributed by atoms with Crippen LogP contribution in [0, 0.1) is 5.21 Å². The summed E-state index contributed by atoms with van der Waals surface area (Å²) in [5, 5.41) is 20.7. The molecule has 0 aromatic heterocycles. The highest BCUT2D eigenvalue weighted by Crippen LogP contribution is 2.18. The Bertz CT molecular complexity index is 494. The number of carbonyl (C=O) groups is 1. The van der Waals surface area contributed by atoms with Crippen molar-refractivity contribution in [3.8, 4) is 0 Å². The molecule has 0 fully saturated rings. The predicted molar refractivity (Wildman–Crippen MR) is 66.5 cm³/mol. The number of allylic oxidation sites excluding steroid dienone is 1. The highest BCUT2D eigenvalue weighted by molar-refractivity contribution is 6.33. The minimum atomic E-state index is -0.511. The highest BCUT2D eigenvalue weighted by Gasteiger charge is 2.26. The quantitative estimate of drug-likeness (QED) is 0.277. The molecule has 2 rings (SSSR count). The van der Waals surface area contributed by atoms with E-state index in [0.717, 1.165) is 6.21 Å². The van der Waals surface area contributed by atoms with Crippen molar-refractivity contribution in [2.24, 2.45) is 0 Å². The SMILES string of the molecule is O=C(/C=[N+](\[O-])[C@H]1CCC=C1NO)c1ccccc1. The molecule has 1 aromatic rings. The van der Waals surface area contributed by atoms with Gasteiger partial charge in [0.25, 0.3) is 0 Å². The molecule has 5 nitrogen and oxygen atoms in total. The average Bonchev–Trinajstić information content (AvgIpc) is 2.88. The van der Waals surface area contributed by atoms with Gasteiger partial charge in [-0.25, -0.2) is 0 Å². The van der Waals surface area contributed by atoms with E-state index < -0.39 is 6.04 Å². The van der Waals surface area contributed by atoms with Crippen LogP contribution in [0.2, 0.25) is 0 Å². The van der Waals surface area contributed by atoms with Crippen LogP contribution < -0.4 is 5.48 Å². The summed E-state index contributed by atoms with van der Waals surface area (Å²) in [7, 11) is 0. The second kappa shape index (κ2) is 5.46. The van der Waals surface area contributed by atoms with Gasteiger partial charge in [0.05, 0.1) is 0 Å². The van der Waals surface area contributed by atoms with Crippen LogP contribution in [0.5, 0.6) is 0 Å². The Hall–Kier alpha value is -2.14. The van der Waals surface area contributed by atoms with Crippen LogP contribution in [0.15, 0.2) is 42.1 Å². The van der Waals surface area contributed by atoms with Crippen LogP contribution in [0.3, 0.4) is 0 Å². The van der Waals surface area contributed by atoms with Gasteiger partial charge in [0, 0.05) is 12.0 Å². The third kappa shape index (κ3) is 2.57. The van der Waals surface area contributed by atoms with Crippen molar-refractivity contribution in [3.63, 3.8) is 0 Å². The first-order valence-electron chi connectivity index (χ1n) is 5.72. The second-order valence-corrected chi connectivity index (χ2v) is 4.08. The van der Waals surface area contributed by atoms with Crippen molar-refractivity contribution < 1.29 is 14.7 Å². The number of ketones is 1. The van der Waals surface area contributed by atoms with E-state index in [-0.39, 0.29) is 5.78 Å². The molecule has 1 aliphatic carbocycles. The maximum atomic E-state index is 11.8. The van der Waals surface area contributed by atoms with Crippen molar-refractivity contribution in [2.75, 3.05) is 0 Å². The molecule has 0 bridgehead atoms. The molecule has 0 radical (unpaired) electrons. The first-order chi connectivity index (χ1) is 8.72. The number of hydrogen-bond acceptors (Lipinski definition) is 4. The Morgan fingerprint density at radius 3 is 2.83 bits per heavy atom. The van der Waals surface area contributed by atoms with Gasteiger partial charge in [-0.2, -0.15) is 4.74 Å². The van der Waals surface area contributed by atoms with Gasteiger partial charge >= 0.3 is 0 Å². The fourth-order valence-electron chi connectivity index (χ4n) is 1.96. The fraction of sp³-hybridized carbons (Fsp3) is 0.231. The van der Waals surface area contributed by atoms with Crippen LogP contribution in [0.1, 0.15) is 23.2 Å². The van der Waals surface area contributed by atoms with Gasteiger partial charge in [-0.15, -0.1) is 0 Å². The number of rotatable bonds is 4. The van der Waals surface area contributed by atoms with Gasteiger partial charge in [0.2, 0.25) is 18.0 Å². The molecule has 94 valence electrons. The number of Topliss-reactive ketones (excluding diaryl/α,β-unsaturated/α-hetero) is 1. The zero-order valence-electron chi connectivity index (χ0n) is 9.74. The minimum Gasteiger partial charge on any atom is -0.623 e. The third-order valence-electron chi connectivity index (χ3n) is 2.90. The summed E-state index contributed by atoms with van der Waals surface area (Å²) in [6, 6.07) is 8.09. The Balaban J connectivity index is 2.14. The van der Waals surface area contributed by atoms with E-state index in [0.29, 0.717) is 28.8 Å². The summed E-state index contributed by atoms with van der Waals surface area (Å²) >= 11 is 0. The van der Waals surface area contributed by atoms with Gasteiger partial charge in [-0.05, 0) is 6.42 Å². The van der Waals surface area contributed by atoms with Crippen molar-refractivity contribution in [1.29, 1.82) is 0 Å². The number of benzene rings is 1. The van der Waals surface area contributed by atoms with E-state index in [9.17, 15) is 10.0 Å². The molecule has 5 heteroatoms. The number of nitrogens with one attached hydrogen (secondary N) is 1. The second-order valence-electron chi connectivity index (χ2n) is 4.08. The van der Waals surface area contributed by atoms with Crippen LogP contribution in [0.4, 0.5) is 0 Å². The van der Waals surface area contributed by atoms with Crippen molar-refractivity contribution in [2.45, 2.75) is 18.9 Å². The molecule has 0 spiro atoms. The first-order valence-corrected chi connectivity index (χ1v) is 5.72. The fourth-order valence-corrected chi connectivity index (χ4v) is 1.96. The Morgan fingerprint density at radius 1 is 1.44 bits per heavy atom. The van der Waals surface area contributed by atoms with Crippen LogP contribution in [-0.2, 0) is 0 Å². The molecule has 18 heavy (non-hydrogen) atoms. The predicted octanol–water partition coefficient (Wildman–Crippen LogP) is 1.48. The lowest BCUT2D eigenvalue weighted by atomic mass is 10.1. The smallest absolute Gasteiger partial charge is 0.249 e. The van der Waals surface area contributed by atoms with Crippen molar-refractivity contribution >= 4 is 12.0 Å². The molecule has 0 saturated carbocycles. The van der Waals surface area contributed by atoms with E-state index in [4.69, 9.17) is 5.21 Å². The van der Waals surface area contributed by atoms with Gasteiger partial charge in [-0.1, -0.05) is 36.4 Å². The molecule has 1 atom stereocenters. The molecule has 1 aromatic carbocycles. The molecule has 1 aliphatic rings. The lowest BCUT2D eigenvalue weighted by Gasteiger charge is -2.13. The zero-order chi connectivity index (χ0) is 13.0. The molecule has 0 heterocycles. The molecular formula is C13H14N2O3. The maximum absolute atomic E-state index is 11.8. The topological polar surface area (TPSA) is 75.4 Å². The number of hydrogen-bond donors (Lipinski definition) is 2. The largest absolute Gasteiger partial charge is 0.623 e. The monoisotopic (exact) mass is 246 g/mol. The molecule has 0 amide bonds. The van der Waals surface area contributed by atoms with E-state index in [2.05, 4.69) is 0 Å². The van der Waals surface area contributed by atoms with Crippen molar-refractivity contribution in [3.05, 3.63) is 52.9 Å². The Morgan fingerprint density at radius 2 is 2.17 bits per heavy atom. The minimum absolute atomic E-state index is 0.338. The van der Waals surface area contributed by atoms with Crippen molar-refractivity contribution in [1.82, 2.24) is 5.48 Å². The zero-order valence-corrected chi connectivity index (χ0v) is 9.74. The summed E-state index contributed by atoms with van der Waals surface area (Å²) in [4.78, 5) is 11.8. The van der Waals surface area contributed by atoms with E-state index >= 15 is 0 Å². The standard InChI is InChI=1S/C13H14N2O3/c16-13(10-5-2-1-3-6-10)9-15(18)12-8-4-7-11(12)14-17/h1-3,5-7,9,12,14,17H,4,8H2/b15-9-/t12-/m0/s1. The van der Waals surface area contributed by atoms with Gasteiger partial charge in [-0.3, -0.25) is 15.5 Å². The maximum Gasteiger partial charge on any atom is 0.249 e. The van der Waals surface area contributed by atoms with Gasteiger partial charge in [0.15, 0.2) is 0 Å². The Kier molecular flexibility index (Phi) is 3.74. The number of hydroxylamine groups is 2. The van der Waals surface area contributed by atoms with Crippen LogP contribution in [0.25, 0.3) is 0 Å². The van der Waals surface area contributed by atoms with Crippen LogP contribution >= 0.6 is 0 Å². The lowest BCUT2D eigenvalue weighted by Crippen LogP contribution is -2.29. The van der Waals surface area contributed by atoms with E-state index in [1.807, 2.05) is 5.48 Å². The third-order valence-corrected chi connectivity index (χ3v) is 2.90. The average molecular weight is 246 g/mol. The molecule has 0 aliphatic heterocycles. The summed E-state index contributed by atoms with van der Waals surface area (Å²) in [6.07, 6.45) is 4.07. The molecule has 2 N–H and O–H groups in total. The summed E-state index contributed by atoms with van der Waals surface area (Å²) in [5.74, 6) is -0.338. The molecule has 0 unspecified atom stereocenters. The van der Waals surface area contributed by atoms with E-state index in [1.54, 1.807) is 36.4 Å². The van der Waals surface area contributed by atoms with Gasteiger partial charge in [0.1, 0.15) is 5.70 Å². The highest BCUT2D eigenvalue weighted by atomic mass is 16.5. The molecule has 0 saturated heterocycles. The van der Waals surface area contributed by atoms with Crippen LogP contribution in [-0.4, -0.2) is 28.0 Å². The number of carbonyl (C=O) groups excluding carboxylic acids is 1. The summed E-state index contributed by atoms with van der Waals surface area (Å²) in [5.41, 5.74) is 2.91. The number of nitrogens with zero attached hydrogens (tertiary/aromatic N) is 1. The van der Waals surface area contributed by atoms with E-state index in [1.165, 1.54) is 0 Å². The van der Waals surface area contributed by atoms with Gasteiger partial charge < -0.3 is 5.21 Å². The lowest BCUT2D eigenvalue weighted by molar-refractivity contribution is -0.486. The summed E-state index contributed by atoms with van der Waals surface area (Å²) in [6.45, 7) is 0.